The van der Waals surface area contributed by atoms with Crippen molar-refractivity contribution < 1.29 is 4.74 Å². The Bertz CT molecular complexity index is 257. The summed E-state index contributed by atoms with van der Waals surface area (Å²) in [6.45, 7) is 1.78. The third-order valence-corrected chi connectivity index (χ3v) is 3.70. The van der Waals surface area contributed by atoms with E-state index < -0.39 is 0 Å². The van der Waals surface area contributed by atoms with E-state index in [0.717, 1.165) is 29.8 Å². The molecular formula is C8H10BrNOS. The van der Waals surface area contributed by atoms with Gasteiger partial charge in [-0.05, 0) is 28.8 Å². The molecule has 2 heterocycles. The number of halogens is 1. The standard InChI is InChI=1S/C8H10BrNOS/c9-7-5-10-8(12-7)6-1-3-11-4-2-6/h5-6H,1-4H2. The van der Waals surface area contributed by atoms with Gasteiger partial charge in [-0.1, -0.05) is 0 Å². The van der Waals surface area contributed by atoms with Crippen molar-refractivity contribution in [3.05, 3.63) is 15.0 Å². The van der Waals surface area contributed by atoms with Crippen molar-refractivity contribution in [2.45, 2.75) is 18.8 Å². The van der Waals surface area contributed by atoms with Gasteiger partial charge in [0.2, 0.25) is 0 Å². The van der Waals surface area contributed by atoms with E-state index in [0.29, 0.717) is 5.92 Å². The highest BCUT2D eigenvalue weighted by molar-refractivity contribution is 9.11. The summed E-state index contributed by atoms with van der Waals surface area (Å²) in [4.78, 5) is 4.36. The summed E-state index contributed by atoms with van der Waals surface area (Å²) in [6, 6.07) is 0. The molecule has 1 fully saturated rings. The minimum Gasteiger partial charge on any atom is -0.381 e. The van der Waals surface area contributed by atoms with Gasteiger partial charge in [0.15, 0.2) is 0 Å². The summed E-state index contributed by atoms with van der Waals surface area (Å²) in [6.07, 6.45) is 4.13. The van der Waals surface area contributed by atoms with Gasteiger partial charge < -0.3 is 4.74 Å². The molecule has 0 aliphatic carbocycles. The fraction of sp³-hybridized carbons (Fsp3) is 0.625. The smallest absolute Gasteiger partial charge is 0.0969 e. The fourth-order valence-electron chi connectivity index (χ4n) is 1.40. The Kier molecular flexibility index (Phi) is 2.78. The Morgan fingerprint density at radius 3 is 2.83 bits per heavy atom. The number of nitrogens with zero attached hydrogens (tertiary/aromatic N) is 1. The summed E-state index contributed by atoms with van der Waals surface area (Å²) in [5.74, 6) is 0.634. The minimum absolute atomic E-state index is 0.634. The molecule has 1 aromatic rings. The number of thiazole rings is 1. The fourth-order valence-corrected chi connectivity index (χ4v) is 2.81. The van der Waals surface area contributed by atoms with Gasteiger partial charge in [-0.3, -0.25) is 0 Å². The lowest BCUT2D eigenvalue weighted by atomic mass is 10.0. The van der Waals surface area contributed by atoms with Crippen LogP contribution in [0.15, 0.2) is 9.98 Å². The maximum atomic E-state index is 5.29. The van der Waals surface area contributed by atoms with E-state index in [-0.39, 0.29) is 0 Å². The van der Waals surface area contributed by atoms with Crippen molar-refractivity contribution in [3.63, 3.8) is 0 Å². The van der Waals surface area contributed by atoms with E-state index >= 15 is 0 Å². The molecule has 2 rings (SSSR count). The van der Waals surface area contributed by atoms with Crippen LogP contribution >= 0.6 is 27.3 Å². The second kappa shape index (κ2) is 3.85. The first-order valence-electron chi connectivity index (χ1n) is 4.05. The first-order chi connectivity index (χ1) is 5.86. The zero-order chi connectivity index (χ0) is 8.39. The van der Waals surface area contributed by atoms with Crippen LogP contribution in [0.25, 0.3) is 0 Å². The van der Waals surface area contributed by atoms with Crippen LogP contribution < -0.4 is 0 Å². The largest absolute Gasteiger partial charge is 0.381 e. The lowest BCUT2D eigenvalue weighted by molar-refractivity contribution is 0.0853. The van der Waals surface area contributed by atoms with Gasteiger partial charge in [0, 0.05) is 19.1 Å². The highest BCUT2D eigenvalue weighted by Crippen LogP contribution is 2.31. The SMILES string of the molecule is Brc1cnc(C2CCOCC2)s1. The maximum absolute atomic E-state index is 5.29. The van der Waals surface area contributed by atoms with E-state index in [1.54, 1.807) is 11.3 Å². The topological polar surface area (TPSA) is 22.1 Å². The summed E-state index contributed by atoms with van der Waals surface area (Å²) in [5.41, 5.74) is 0. The quantitative estimate of drug-likeness (QED) is 0.762. The zero-order valence-corrected chi connectivity index (χ0v) is 9.03. The molecule has 1 aromatic heterocycles. The van der Waals surface area contributed by atoms with Gasteiger partial charge in [0.1, 0.15) is 0 Å². The van der Waals surface area contributed by atoms with Crippen LogP contribution in [-0.2, 0) is 4.74 Å². The molecule has 0 saturated carbocycles. The Hall–Kier alpha value is 0.0700. The average molecular weight is 248 g/mol. The van der Waals surface area contributed by atoms with Gasteiger partial charge in [0.25, 0.3) is 0 Å². The van der Waals surface area contributed by atoms with Crippen LogP contribution in [0.5, 0.6) is 0 Å². The Labute approximate surface area is 84.1 Å². The van der Waals surface area contributed by atoms with Gasteiger partial charge in [-0.25, -0.2) is 4.98 Å². The average Bonchev–Trinajstić information content (AvgIpc) is 2.54. The van der Waals surface area contributed by atoms with Crippen molar-refractivity contribution in [2.24, 2.45) is 0 Å². The molecule has 1 saturated heterocycles. The normalized spacial score (nSPS) is 19.8. The Morgan fingerprint density at radius 1 is 1.50 bits per heavy atom. The molecular weight excluding hydrogens is 238 g/mol. The predicted molar refractivity (Wildman–Crippen MR) is 52.6 cm³/mol. The first-order valence-corrected chi connectivity index (χ1v) is 5.66. The van der Waals surface area contributed by atoms with Crippen molar-refractivity contribution in [1.82, 2.24) is 4.98 Å². The third-order valence-electron chi connectivity index (χ3n) is 2.07. The summed E-state index contributed by atoms with van der Waals surface area (Å²) >= 11 is 5.17. The molecule has 0 bridgehead atoms. The lowest BCUT2D eigenvalue weighted by Crippen LogP contribution is -2.13. The predicted octanol–water partition coefficient (Wildman–Crippen LogP) is 2.80. The van der Waals surface area contributed by atoms with Gasteiger partial charge >= 0.3 is 0 Å². The van der Waals surface area contributed by atoms with E-state index in [1.807, 2.05) is 6.20 Å². The summed E-state index contributed by atoms with van der Waals surface area (Å²) < 4.78 is 6.42. The van der Waals surface area contributed by atoms with Crippen LogP contribution in [0, 0.1) is 0 Å². The van der Waals surface area contributed by atoms with Gasteiger partial charge in [-0.2, -0.15) is 0 Å². The van der Waals surface area contributed by atoms with E-state index in [4.69, 9.17) is 4.74 Å². The van der Waals surface area contributed by atoms with Crippen molar-refractivity contribution in [3.8, 4) is 0 Å². The van der Waals surface area contributed by atoms with E-state index in [2.05, 4.69) is 20.9 Å². The third kappa shape index (κ3) is 1.87. The molecule has 0 N–H and O–H groups in total. The first kappa shape index (κ1) is 8.66. The monoisotopic (exact) mass is 247 g/mol. The molecule has 0 radical (unpaired) electrons. The number of hydrogen-bond donors (Lipinski definition) is 0. The second-order valence-electron chi connectivity index (χ2n) is 2.89. The van der Waals surface area contributed by atoms with Crippen LogP contribution in [0.4, 0.5) is 0 Å². The van der Waals surface area contributed by atoms with Crippen LogP contribution in [0.3, 0.4) is 0 Å². The molecule has 2 nitrogen and oxygen atoms in total. The molecule has 4 heteroatoms. The molecule has 0 atom stereocenters. The number of rotatable bonds is 1. The van der Waals surface area contributed by atoms with Gasteiger partial charge in [0.05, 0.1) is 15.0 Å². The number of hydrogen-bond acceptors (Lipinski definition) is 3. The van der Waals surface area contributed by atoms with Gasteiger partial charge in [-0.15, -0.1) is 11.3 Å². The van der Waals surface area contributed by atoms with Crippen LogP contribution in [-0.4, -0.2) is 18.2 Å². The number of aromatic nitrogens is 1. The number of ether oxygens (including phenoxy) is 1. The molecule has 0 spiro atoms. The maximum Gasteiger partial charge on any atom is 0.0969 e. The molecule has 1 aliphatic rings. The van der Waals surface area contributed by atoms with Crippen molar-refractivity contribution in [2.75, 3.05) is 13.2 Å². The molecule has 0 amide bonds. The summed E-state index contributed by atoms with van der Waals surface area (Å²) in [5, 5.41) is 1.25. The lowest BCUT2D eigenvalue weighted by Gasteiger charge is -2.19. The summed E-state index contributed by atoms with van der Waals surface area (Å²) in [7, 11) is 0. The second-order valence-corrected chi connectivity index (χ2v) is 5.33. The van der Waals surface area contributed by atoms with E-state index in [9.17, 15) is 0 Å². The van der Waals surface area contributed by atoms with Crippen LogP contribution in [0.2, 0.25) is 0 Å². The van der Waals surface area contributed by atoms with E-state index in [1.165, 1.54) is 5.01 Å². The van der Waals surface area contributed by atoms with Crippen LogP contribution in [0.1, 0.15) is 23.8 Å². The zero-order valence-electron chi connectivity index (χ0n) is 6.62. The molecule has 0 unspecified atom stereocenters. The Balaban J connectivity index is 2.08. The van der Waals surface area contributed by atoms with Crippen molar-refractivity contribution in [1.29, 1.82) is 0 Å². The van der Waals surface area contributed by atoms with Crippen molar-refractivity contribution >= 4 is 27.3 Å². The molecule has 12 heavy (non-hydrogen) atoms. The highest BCUT2D eigenvalue weighted by Gasteiger charge is 2.18. The minimum atomic E-state index is 0.634. The highest BCUT2D eigenvalue weighted by atomic mass is 79.9. The molecule has 0 aromatic carbocycles. The Morgan fingerprint density at radius 2 is 2.25 bits per heavy atom. The molecule has 66 valence electrons. The molecule has 1 aliphatic heterocycles.